The molecule has 1 aromatic carbocycles. The SMILES string of the molecule is COc1cc2c(nc1CN[C@H]1CCCN[C@H]1c1ccccc1)N(C)C(=O)CC2. The van der Waals surface area contributed by atoms with Crippen molar-refractivity contribution in [3.63, 3.8) is 0 Å². The average molecular weight is 380 g/mol. The van der Waals surface area contributed by atoms with E-state index in [0.717, 1.165) is 48.6 Å². The van der Waals surface area contributed by atoms with Crippen molar-refractivity contribution in [2.24, 2.45) is 0 Å². The summed E-state index contributed by atoms with van der Waals surface area (Å²) in [6.07, 6.45) is 3.50. The topological polar surface area (TPSA) is 66.5 Å². The Morgan fingerprint density at radius 3 is 2.89 bits per heavy atom. The molecule has 1 saturated heterocycles. The van der Waals surface area contributed by atoms with Crippen LogP contribution in [0.1, 0.15) is 42.1 Å². The fourth-order valence-electron chi connectivity index (χ4n) is 4.21. The molecule has 0 radical (unpaired) electrons. The summed E-state index contributed by atoms with van der Waals surface area (Å²) < 4.78 is 5.60. The lowest BCUT2D eigenvalue weighted by Gasteiger charge is -2.34. The van der Waals surface area contributed by atoms with Crippen molar-refractivity contribution in [2.45, 2.75) is 44.3 Å². The van der Waals surface area contributed by atoms with Gasteiger partial charge < -0.3 is 15.4 Å². The smallest absolute Gasteiger partial charge is 0.228 e. The second kappa shape index (κ2) is 8.29. The van der Waals surface area contributed by atoms with Crippen LogP contribution in [-0.2, 0) is 17.8 Å². The number of carbonyl (C=O) groups is 1. The molecule has 1 aromatic heterocycles. The summed E-state index contributed by atoms with van der Waals surface area (Å²) in [5.41, 5.74) is 3.22. The van der Waals surface area contributed by atoms with Crippen LogP contribution in [0.15, 0.2) is 36.4 Å². The minimum atomic E-state index is 0.115. The summed E-state index contributed by atoms with van der Waals surface area (Å²) in [6.45, 7) is 1.64. The number of aryl methyl sites for hydroxylation is 1. The normalized spacial score (nSPS) is 22.1. The Labute approximate surface area is 166 Å². The largest absolute Gasteiger partial charge is 0.495 e. The van der Waals surface area contributed by atoms with Crippen LogP contribution in [0.5, 0.6) is 5.75 Å². The molecule has 0 spiro atoms. The molecule has 2 aliphatic heterocycles. The Balaban J connectivity index is 1.54. The summed E-state index contributed by atoms with van der Waals surface area (Å²) in [5.74, 6) is 1.66. The number of benzene rings is 1. The van der Waals surface area contributed by atoms with Gasteiger partial charge in [0.2, 0.25) is 5.91 Å². The predicted molar refractivity (Wildman–Crippen MR) is 110 cm³/mol. The number of nitrogens with zero attached hydrogens (tertiary/aromatic N) is 2. The van der Waals surface area contributed by atoms with Gasteiger partial charge in [0.15, 0.2) is 0 Å². The van der Waals surface area contributed by atoms with Crippen molar-refractivity contribution in [1.29, 1.82) is 0 Å². The van der Waals surface area contributed by atoms with Crippen LogP contribution >= 0.6 is 0 Å². The van der Waals surface area contributed by atoms with Crippen LogP contribution in [0.4, 0.5) is 5.82 Å². The van der Waals surface area contributed by atoms with Gasteiger partial charge in [-0.15, -0.1) is 0 Å². The zero-order valence-electron chi connectivity index (χ0n) is 16.6. The maximum atomic E-state index is 12.1. The van der Waals surface area contributed by atoms with Gasteiger partial charge in [0.05, 0.1) is 12.8 Å². The number of fused-ring (bicyclic) bond motifs is 1. The zero-order valence-corrected chi connectivity index (χ0v) is 16.6. The number of pyridine rings is 1. The molecule has 0 bridgehead atoms. The highest BCUT2D eigenvalue weighted by molar-refractivity contribution is 5.94. The number of amides is 1. The molecule has 2 atom stereocenters. The zero-order chi connectivity index (χ0) is 19.5. The van der Waals surface area contributed by atoms with Crippen LogP contribution in [-0.4, -0.2) is 37.6 Å². The lowest BCUT2D eigenvalue weighted by Crippen LogP contribution is -2.45. The number of hydrogen-bond donors (Lipinski definition) is 2. The molecule has 6 nitrogen and oxygen atoms in total. The standard InChI is InChI=1S/C22H28N4O2/c1-26-20(27)11-10-16-13-19(28-2)18(25-22(16)26)14-24-17-9-6-12-23-21(17)15-7-4-3-5-8-15/h3-5,7-8,13,17,21,23-24H,6,9-12,14H2,1-2H3/t17-,21-/m0/s1. The summed E-state index contributed by atoms with van der Waals surface area (Å²) in [5, 5.41) is 7.33. The summed E-state index contributed by atoms with van der Waals surface area (Å²) in [7, 11) is 3.48. The molecule has 0 aliphatic carbocycles. The van der Waals surface area contributed by atoms with Gasteiger partial charge in [0, 0.05) is 32.1 Å². The fourth-order valence-corrected chi connectivity index (χ4v) is 4.21. The third-order valence-corrected chi connectivity index (χ3v) is 5.79. The molecule has 28 heavy (non-hydrogen) atoms. The van der Waals surface area contributed by atoms with E-state index in [2.05, 4.69) is 41.0 Å². The average Bonchev–Trinajstić information content (AvgIpc) is 2.75. The Kier molecular flexibility index (Phi) is 5.59. The molecule has 0 saturated carbocycles. The van der Waals surface area contributed by atoms with E-state index < -0.39 is 0 Å². The van der Waals surface area contributed by atoms with E-state index in [-0.39, 0.29) is 11.9 Å². The number of anilines is 1. The van der Waals surface area contributed by atoms with Gasteiger partial charge >= 0.3 is 0 Å². The highest BCUT2D eigenvalue weighted by Gasteiger charge is 2.27. The Bertz CT molecular complexity index is 840. The van der Waals surface area contributed by atoms with E-state index >= 15 is 0 Å². The number of piperidine rings is 1. The number of hydrogen-bond acceptors (Lipinski definition) is 5. The van der Waals surface area contributed by atoms with E-state index in [1.54, 1.807) is 19.1 Å². The van der Waals surface area contributed by atoms with Crippen molar-refractivity contribution in [1.82, 2.24) is 15.6 Å². The first-order valence-electron chi connectivity index (χ1n) is 10.0. The number of nitrogens with one attached hydrogen (secondary N) is 2. The number of methoxy groups -OCH3 is 1. The van der Waals surface area contributed by atoms with Gasteiger partial charge in [-0.25, -0.2) is 4.98 Å². The molecular formula is C22H28N4O2. The maximum absolute atomic E-state index is 12.1. The van der Waals surface area contributed by atoms with Crippen LogP contribution in [0.25, 0.3) is 0 Å². The second-order valence-corrected chi connectivity index (χ2v) is 7.54. The molecule has 1 amide bonds. The monoisotopic (exact) mass is 380 g/mol. The Morgan fingerprint density at radius 2 is 2.11 bits per heavy atom. The van der Waals surface area contributed by atoms with Crippen LogP contribution in [0.3, 0.4) is 0 Å². The van der Waals surface area contributed by atoms with E-state index in [1.165, 1.54) is 5.56 Å². The van der Waals surface area contributed by atoms with Crippen LogP contribution in [0, 0.1) is 0 Å². The van der Waals surface area contributed by atoms with Gasteiger partial charge in [0.25, 0.3) is 0 Å². The van der Waals surface area contributed by atoms with Gasteiger partial charge in [-0.2, -0.15) is 0 Å². The van der Waals surface area contributed by atoms with E-state index in [1.807, 2.05) is 6.07 Å². The third-order valence-electron chi connectivity index (χ3n) is 5.79. The number of carbonyl (C=O) groups excluding carboxylic acids is 1. The Hall–Kier alpha value is -2.44. The van der Waals surface area contributed by atoms with Crippen molar-refractivity contribution in [3.05, 3.63) is 53.2 Å². The molecule has 2 aromatic rings. The third kappa shape index (κ3) is 3.75. The molecule has 2 N–H and O–H groups in total. The molecular weight excluding hydrogens is 352 g/mol. The first-order valence-corrected chi connectivity index (χ1v) is 10.0. The molecule has 1 fully saturated rings. The van der Waals surface area contributed by atoms with Gasteiger partial charge in [-0.1, -0.05) is 30.3 Å². The summed E-state index contributed by atoms with van der Waals surface area (Å²) in [6, 6.07) is 13.2. The molecule has 3 heterocycles. The minimum absolute atomic E-state index is 0.115. The lowest BCUT2D eigenvalue weighted by molar-refractivity contribution is -0.118. The van der Waals surface area contributed by atoms with Gasteiger partial charge in [0.1, 0.15) is 11.6 Å². The second-order valence-electron chi connectivity index (χ2n) is 7.54. The maximum Gasteiger partial charge on any atom is 0.228 e. The fraction of sp³-hybridized carbons (Fsp3) is 0.455. The number of ether oxygens (including phenoxy) is 1. The van der Waals surface area contributed by atoms with Crippen molar-refractivity contribution in [3.8, 4) is 5.75 Å². The van der Waals surface area contributed by atoms with Crippen molar-refractivity contribution >= 4 is 11.7 Å². The lowest BCUT2D eigenvalue weighted by atomic mass is 9.92. The minimum Gasteiger partial charge on any atom is -0.495 e. The van der Waals surface area contributed by atoms with Crippen molar-refractivity contribution < 1.29 is 9.53 Å². The highest BCUT2D eigenvalue weighted by Crippen LogP contribution is 2.31. The number of aromatic nitrogens is 1. The molecule has 2 aliphatic rings. The van der Waals surface area contributed by atoms with Gasteiger partial charge in [-0.3, -0.25) is 9.69 Å². The first-order chi connectivity index (χ1) is 13.7. The van der Waals surface area contributed by atoms with E-state index in [4.69, 9.17) is 9.72 Å². The van der Waals surface area contributed by atoms with E-state index in [9.17, 15) is 4.79 Å². The van der Waals surface area contributed by atoms with Gasteiger partial charge in [-0.05, 0) is 43.0 Å². The van der Waals surface area contributed by atoms with Crippen LogP contribution < -0.4 is 20.3 Å². The van der Waals surface area contributed by atoms with Crippen LogP contribution in [0.2, 0.25) is 0 Å². The molecule has 0 unspecified atom stereocenters. The van der Waals surface area contributed by atoms with Crippen molar-refractivity contribution in [2.75, 3.05) is 25.6 Å². The summed E-state index contributed by atoms with van der Waals surface area (Å²) in [4.78, 5) is 18.5. The summed E-state index contributed by atoms with van der Waals surface area (Å²) >= 11 is 0. The quantitative estimate of drug-likeness (QED) is 0.835. The van der Waals surface area contributed by atoms with E-state index in [0.29, 0.717) is 19.0 Å². The Morgan fingerprint density at radius 1 is 1.29 bits per heavy atom. The number of rotatable bonds is 5. The molecule has 4 rings (SSSR count). The molecule has 148 valence electrons. The first kappa shape index (κ1) is 18.9. The molecule has 6 heteroatoms. The predicted octanol–water partition coefficient (Wildman–Crippen LogP) is 2.58. The highest BCUT2D eigenvalue weighted by atomic mass is 16.5.